The summed E-state index contributed by atoms with van der Waals surface area (Å²) in [6, 6.07) is 0. The maximum absolute atomic E-state index is 11.0. The predicted molar refractivity (Wildman–Crippen MR) is 49.1 cm³/mol. The lowest BCUT2D eigenvalue weighted by molar-refractivity contribution is -0.121. The minimum Gasteiger partial charge on any atom is -0.427 e. The molecule has 0 aromatic rings. The van der Waals surface area contributed by atoms with E-state index in [1.54, 1.807) is 14.0 Å². The van der Waals surface area contributed by atoms with Gasteiger partial charge in [-0.15, -0.1) is 0 Å². The first-order chi connectivity index (χ1) is 5.74. The van der Waals surface area contributed by atoms with Crippen molar-refractivity contribution >= 4 is 13.4 Å². The van der Waals surface area contributed by atoms with Gasteiger partial charge in [0.25, 0.3) is 0 Å². The first-order valence-electron chi connectivity index (χ1n) is 4.45. The molecule has 0 atom stereocenters. The molecule has 0 aromatic carbocycles. The smallest absolute Gasteiger partial charge is 0.363 e. The molecule has 1 saturated heterocycles. The van der Waals surface area contributed by atoms with Gasteiger partial charge >= 0.3 is 7.62 Å². The molecule has 0 unspecified atom stereocenters. The third-order valence-corrected chi connectivity index (χ3v) is 2.47. The summed E-state index contributed by atoms with van der Waals surface area (Å²) in [5.41, 5.74) is 0. The molecule has 1 aliphatic rings. The number of rotatable bonds is 3. The van der Waals surface area contributed by atoms with E-state index in [-0.39, 0.29) is 0 Å². The Morgan fingerprint density at radius 3 is 2.50 bits per heavy atom. The van der Waals surface area contributed by atoms with Crippen molar-refractivity contribution in [3.63, 3.8) is 0 Å². The van der Waals surface area contributed by atoms with Crippen LogP contribution in [0.25, 0.3) is 0 Å². The van der Waals surface area contributed by atoms with E-state index in [9.17, 15) is 4.79 Å². The van der Waals surface area contributed by atoms with Crippen molar-refractivity contribution in [3.8, 4) is 0 Å². The largest absolute Gasteiger partial charge is 0.427 e. The van der Waals surface area contributed by atoms with Crippen LogP contribution >= 0.6 is 0 Å². The van der Waals surface area contributed by atoms with E-state index in [2.05, 4.69) is 4.81 Å². The average molecular weight is 169 g/mol. The van der Waals surface area contributed by atoms with Crippen LogP contribution in [0.15, 0.2) is 0 Å². The van der Waals surface area contributed by atoms with Gasteiger partial charge in [0.15, 0.2) is 0 Å². The summed E-state index contributed by atoms with van der Waals surface area (Å²) in [4.78, 5) is 13.2. The second kappa shape index (κ2) is 4.62. The molecule has 4 heteroatoms. The molecule has 0 aromatic heterocycles. The summed E-state index contributed by atoms with van der Waals surface area (Å²) in [5, 5.41) is 0. The number of ketones is 1. The predicted octanol–water partition coefficient (Wildman–Crippen LogP) is 0.200. The highest BCUT2D eigenvalue weighted by molar-refractivity contribution is 6.23. The Labute approximate surface area is 74.4 Å². The fourth-order valence-corrected chi connectivity index (χ4v) is 1.65. The quantitative estimate of drug-likeness (QED) is 0.565. The molecule has 1 rings (SSSR count). The van der Waals surface area contributed by atoms with Crippen molar-refractivity contribution in [2.75, 3.05) is 20.2 Å². The van der Waals surface area contributed by atoms with E-state index in [1.807, 2.05) is 0 Å². The second-order valence-corrected chi connectivity index (χ2v) is 3.42. The average Bonchev–Trinajstić information content (AvgIpc) is 2.06. The molecule has 0 saturated carbocycles. The van der Waals surface area contributed by atoms with Gasteiger partial charge in [0.1, 0.15) is 5.78 Å². The molecule has 12 heavy (non-hydrogen) atoms. The summed E-state index contributed by atoms with van der Waals surface area (Å²) in [6.45, 7) is 3.69. The third-order valence-electron chi connectivity index (χ3n) is 2.47. The highest BCUT2D eigenvalue weighted by Crippen LogP contribution is 2.16. The second-order valence-electron chi connectivity index (χ2n) is 3.42. The molecule has 1 fully saturated rings. The van der Waals surface area contributed by atoms with E-state index in [1.165, 1.54) is 0 Å². The molecule has 3 nitrogen and oxygen atoms in total. The van der Waals surface area contributed by atoms with Crippen LogP contribution in [0, 0.1) is 5.92 Å². The Balaban J connectivity index is 2.25. The summed E-state index contributed by atoms with van der Waals surface area (Å²) in [7, 11) is 2.40. The maximum Gasteiger partial charge on any atom is 0.363 e. The Hall–Kier alpha value is -0.345. The molecule has 0 amide bonds. The van der Waals surface area contributed by atoms with Crippen molar-refractivity contribution in [3.05, 3.63) is 0 Å². The summed E-state index contributed by atoms with van der Waals surface area (Å²) in [6.07, 6.45) is 2.00. The van der Waals surface area contributed by atoms with Crippen LogP contribution < -0.4 is 0 Å². The van der Waals surface area contributed by atoms with Crippen LogP contribution in [0.4, 0.5) is 0 Å². The standard InChI is InChI=1S/C8H16BNO2/c1-7(11)8-3-5-10(6-4-8)9-12-2/h8-9H,3-6H2,1-2H3. The fraction of sp³-hybridized carbons (Fsp3) is 0.875. The van der Waals surface area contributed by atoms with Crippen molar-refractivity contribution in [2.24, 2.45) is 5.92 Å². The SMILES string of the molecule is COBN1CCC(C(C)=O)CC1. The minimum atomic E-state index is 0.304. The highest BCUT2D eigenvalue weighted by Gasteiger charge is 2.22. The Morgan fingerprint density at radius 2 is 2.08 bits per heavy atom. The number of Topliss-reactive ketones (excluding diaryl/α,β-unsaturated/α-hetero) is 1. The van der Waals surface area contributed by atoms with E-state index in [0.717, 1.165) is 25.9 Å². The third kappa shape index (κ3) is 2.61. The lowest BCUT2D eigenvalue weighted by Gasteiger charge is -2.29. The van der Waals surface area contributed by atoms with Gasteiger partial charge < -0.3 is 9.47 Å². The molecule has 1 aliphatic heterocycles. The lowest BCUT2D eigenvalue weighted by Crippen LogP contribution is -2.38. The molecule has 0 spiro atoms. The first kappa shape index (κ1) is 9.74. The van der Waals surface area contributed by atoms with E-state index < -0.39 is 0 Å². The number of piperidine rings is 1. The van der Waals surface area contributed by atoms with E-state index in [4.69, 9.17) is 4.65 Å². The van der Waals surface area contributed by atoms with Crippen LogP contribution in [0.2, 0.25) is 0 Å². The van der Waals surface area contributed by atoms with Gasteiger partial charge in [-0.2, -0.15) is 0 Å². The van der Waals surface area contributed by atoms with Gasteiger partial charge in [0.2, 0.25) is 0 Å². The molecule has 1 heterocycles. The Bertz CT molecular complexity index is 155. The number of carbonyl (C=O) groups is 1. The maximum atomic E-state index is 11.0. The molecule has 0 aliphatic carbocycles. The van der Waals surface area contributed by atoms with Crippen molar-refractivity contribution in [1.82, 2.24) is 4.81 Å². The molecular weight excluding hydrogens is 153 g/mol. The Morgan fingerprint density at radius 1 is 1.50 bits per heavy atom. The molecule has 68 valence electrons. The van der Waals surface area contributed by atoms with Crippen molar-refractivity contribution in [2.45, 2.75) is 19.8 Å². The van der Waals surface area contributed by atoms with Crippen molar-refractivity contribution < 1.29 is 9.45 Å². The van der Waals surface area contributed by atoms with Gasteiger partial charge in [-0.25, -0.2) is 0 Å². The normalized spacial score (nSPS) is 20.8. The van der Waals surface area contributed by atoms with Crippen LogP contribution in [0.5, 0.6) is 0 Å². The zero-order valence-corrected chi connectivity index (χ0v) is 7.88. The zero-order valence-electron chi connectivity index (χ0n) is 7.88. The molecule has 0 bridgehead atoms. The topological polar surface area (TPSA) is 29.5 Å². The monoisotopic (exact) mass is 169 g/mol. The van der Waals surface area contributed by atoms with E-state index >= 15 is 0 Å². The minimum absolute atomic E-state index is 0.304. The van der Waals surface area contributed by atoms with Gasteiger partial charge in [0.05, 0.1) is 0 Å². The van der Waals surface area contributed by atoms with Crippen LogP contribution in [0.1, 0.15) is 19.8 Å². The fourth-order valence-electron chi connectivity index (χ4n) is 1.65. The molecular formula is C8H16BNO2. The van der Waals surface area contributed by atoms with Crippen LogP contribution in [0.3, 0.4) is 0 Å². The van der Waals surface area contributed by atoms with Gasteiger partial charge in [-0.05, 0) is 32.9 Å². The number of carbonyl (C=O) groups excluding carboxylic acids is 1. The summed E-state index contributed by atoms with van der Waals surface area (Å²) < 4.78 is 5.02. The van der Waals surface area contributed by atoms with Gasteiger partial charge in [0, 0.05) is 13.0 Å². The number of hydrogen-bond acceptors (Lipinski definition) is 3. The zero-order chi connectivity index (χ0) is 8.97. The molecule has 0 N–H and O–H groups in total. The number of nitrogens with zero attached hydrogens (tertiary/aromatic N) is 1. The summed E-state index contributed by atoms with van der Waals surface area (Å²) >= 11 is 0. The van der Waals surface area contributed by atoms with E-state index in [0.29, 0.717) is 19.3 Å². The lowest BCUT2D eigenvalue weighted by atomic mass is 9.91. The number of hydrogen-bond donors (Lipinski definition) is 0. The van der Waals surface area contributed by atoms with Gasteiger partial charge in [-0.1, -0.05) is 0 Å². The highest BCUT2D eigenvalue weighted by atomic mass is 16.4. The van der Waals surface area contributed by atoms with Crippen LogP contribution in [-0.2, 0) is 9.45 Å². The molecule has 0 radical (unpaired) electrons. The van der Waals surface area contributed by atoms with Gasteiger partial charge in [-0.3, -0.25) is 4.79 Å². The summed E-state index contributed by atoms with van der Waals surface area (Å²) in [5.74, 6) is 0.644. The van der Waals surface area contributed by atoms with Crippen molar-refractivity contribution in [1.29, 1.82) is 0 Å². The first-order valence-corrected chi connectivity index (χ1v) is 4.45. The Kier molecular flexibility index (Phi) is 3.75. The van der Waals surface area contributed by atoms with Crippen LogP contribution in [-0.4, -0.2) is 38.4 Å².